The molecule has 0 aliphatic carbocycles. The number of pyridine rings is 1. The first-order valence-electron chi connectivity index (χ1n) is 7.93. The molecule has 1 aromatic heterocycles. The van der Waals surface area contributed by atoms with Gasteiger partial charge in [0, 0.05) is 11.8 Å². The molecule has 1 aliphatic rings. The van der Waals surface area contributed by atoms with E-state index in [4.69, 9.17) is 4.74 Å². The van der Waals surface area contributed by atoms with E-state index >= 15 is 0 Å². The Labute approximate surface area is 150 Å². The van der Waals surface area contributed by atoms with Gasteiger partial charge in [-0.2, -0.15) is 0 Å². The van der Waals surface area contributed by atoms with Crippen LogP contribution in [0.2, 0.25) is 0 Å². The number of benzene rings is 2. The lowest BCUT2D eigenvalue weighted by atomic mass is 10.2. The molecule has 124 valence electrons. The molecule has 2 heterocycles. The minimum absolute atomic E-state index is 0.0100. The number of nitrogens with zero attached hydrogens (tertiary/aromatic N) is 2. The minimum atomic E-state index is -0.347. The highest BCUT2D eigenvalue weighted by atomic mass is 32.2. The molecule has 25 heavy (non-hydrogen) atoms. The molecule has 1 atom stereocenters. The van der Waals surface area contributed by atoms with Crippen molar-refractivity contribution in [1.29, 1.82) is 0 Å². The van der Waals surface area contributed by atoms with Gasteiger partial charge in [-0.15, -0.1) is 11.8 Å². The first kappa shape index (κ1) is 15.7. The second-order valence-corrected chi connectivity index (χ2v) is 6.72. The zero-order valence-electron chi connectivity index (χ0n) is 13.6. The van der Waals surface area contributed by atoms with Gasteiger partial charge in [0.15, 0.2) is 0 Å². The van der Waals surface area contributed by atoms with Crippen molar-refractivity contribution in [2.24, 2.45) is 0 Å². The summed E-state index contributed by atoms with van der Waals surface area (Å²) in [5.74, 6) is 1.48. The fourth-order valence-electron chi connectivity index (χ4n) is 2.94. The standard InChI is InChI=1S/C20H16N2O2S/c1-24-16-11-5-6-12-17(16)25-18-15-10-7-13-21-19(15)22(20(18)23)14-8-3-2-4-9-14/h2-13,18H,1H3. The fourth-order valence-corrected chi connectivity index (χ4v) is 4.13. The zero-order valence-corrected chi connectivity index (χ0v) is 14.4. The number of methoxy groups -OCH3 is 1. The van der Waals surface area contributed by atoms with E-state index < -0.39 is 0 Å². The summed E-state index contributed by atoms with van der Waals surface area (Å²) in [6.07, 6.45) is 1.72. The van der Waals surface area contributed by atoms with Gasteiger partial charge in [-0.1, -0.05) is 36.4 Å². The van der Waals surface area contributed by atoms with E-state index in [1.54, 1.807) is 18.2 Å². The van der Waals surface area contributed by atoms with Gasteiger partial charge in [-0.05, 0) is 30.3 Å². The molecule has 0 saturated carbocycles. The van der Waals surface area contributed by atoms with Gasteiger partial charge in [-0.25, -0.2) is 4.98 Å². The number of rotatable bonds is 4. The first-order chi connectivity index (χ1) is 12.3. The maximum atomic E-state index is 13.2. The van der Waals surface area contributed by atoms with Crippen LogP contribution in [0.4, 0.5) is 11.5 Å². The number of thioether (sulfide) groups is 1. The van der Waals surface area contributed by atoms with Crippen LogP contribution >= 0.6 is 11.8 Å². The van der Waals surface area contributed by atoms with Gasteiger partial charge in [0.2, 0.25) is 0 Å². The van der Waals surface area contributed by atoms with Gasteiger partial charge < -0.3 is 4.74 Å². The van der Waals surface area contributed by atoms with E-state index in [2.05, 4.69) is 4.98 Å². The summed E-state index contributed by atoms with van der Waals surface area (Å²) >= 11 is 1.50. The lowest BCUT2D eigenvalue weighted by molar-refractivity contribution is -0.116. The Kier molecular flexibility index (Phi) is 4.15. The number of fused-ring (bicyclic) bond motifs is 1. The van der Waals surface area contributed by atoms with Gasteiger partial charge in [-0.3, -0.25) is 9.69 Å². The van der Waals surface area contributed by atoms with Crippen LogP contribution in [0.15, 0.2) is 77.8 Å². The Bertz CT molecular complexity index is 914. The average molecular weight is 348 g/mol. The summed E-state index contributed by atoms with van der Waals surface area (Å²) in [6.45, 7) is 0. The van der Waals surface area contributed by atoms with Crippen molar-refractivity contribution < 1.29 is 9.53 Å². The van der Waals surface area contributed by atoms with Crippen LogP contribution in [-0.2, 0) is 4.79 Å². The van der Waals surface area contributed by atoms with Gasteiger partial charge in [0.1, 0.15) is 16.8 Å². The molecular weight excluding hydrogens is 332 g/mol. The maximum Gasteiger partial charge on any atom is 0.250 e. The number of hydrogen-bond acceptors (Lipinski definition) is 4. The van der Waals surface area contributed by atoms with Crippen molar-refractivity contribution in [3.63, 3.8) is 0 Å². The normalized spacial score (nSPS) is 16.0. The third kappa shape index (κ3) is 2.76. The molecule has 5 heteroatoms. The van der Waals surface area contributed by atoms with Crippen LogP contribution in [0, 0.1) is 0 Å². The number of carbonyl (C=O) groups excluding carboxylic acids is 1. The van der Waals surface area contributed by atoms with Crippen molar-refractivity contribution in [3.05, 3.63) is 78.5 Å². The average Bonchev–Trinajstić information content (AvgIpc) is 2.95. The van der Waals surface area contributed by atoms with Gasteiger partial charge in [0.25, 0.3) is 5.91 Å². The smallest absolute Gasteiger partial charge is 0.250 e. The molecule has 2 aromatic carbocycles. The second kappa shape index (κ2) is 6.61. The van der Waals surface area contributed by atoms with Crippen LogP contribution in [0.5, 0.6) is 5.75 Å². The van der Waals surface area contributed by atoms with Gasteiger partial charge >= 0.3 is 0 Å². The van der Waals surface area contributed by atoms with Crippen LogP contribution in [-0.4, -0.2) is 18.0 Å². The third-order valence-electron chi connectivity index (χ3n) is 4.08. The maximum absolute atomic E-state index is 13.2. The Morgan fingerprint density at radius 1 is 1.00 bits per heavy atom. The molecule has 1 unspecified atom stereocenters. The summed E-state index contributed by atoms with van der Waals surface area (Å²) in [4.78, 5) is 20.3. The highest BCUT2D eigenvalue weighted by Crippen LogP contribution is 2.49. The topological polar surface area (TPSA) is 42.4 Å². The highest BCUT2D eigenvalue weighted by Gasteiger charge is 2.40. The minimum Gasteiger partial charge on any atom is -0.496 e. The molecule has 0 bridgehead atoms. The number of hydrogen-bond donors (Lipinski definition) is 0. The van der Waals surface area contributed by atoms with E-state index in [1.807, 2.05) is 66.7 Å². The summed E-state index contributed by atoms with van der Waals surface area (Å²) in [5, 5.41) is -0.347. The van der Waals surface area contributed by atoms with Crippen LogP contribution in [0.25, 0.3) is 0 Å². The summed E-state index contributed by atoms with van der Waals surface area (Å²) in [6, 6.07) is 21.2. The van der Waals surface area contributed by atoms with E-state index in [0.717, 1.165) is 21.9 Å². The molecular formula is C20H16N2O2S. The largest absolute Gasteiger partial charge is 0.496 e. The molecule has 1 amide bonds. The monoisotopic (exact) mass is 348 g/mol. The lowest BCUT2D eigenvalue weighted by Gasteiger charge is -2.17. The number of ether oxygens (including phenoxy) is 1. The molecule has 0 fully saturated rings. The number of aromatic nitrogens is 1. The Hall–Kier alpha value is -2.79. The number of para-hydroxylation sites is 2. The van der Waals surface area contributed by atoms with Crippen LogP contribution in [0.3, 0.4) is 0 Å². The Morgan fingerprint density at radius 3 is 2.56 bits per heavy atom. The van der Waals surface area contributed by atoms with Crippen molar-refractivity contribution in [1.82, 2.24) is 4.98 Å². The molecule has 0 spiro atoms. The van der Waals surface area contributed by atoms with E-state index in [1.165, 1.54) is 11.8 Å². The second-order valence-electron chi connectivity index (χ2n) is 5.57. The zero-order chi connectivity index (χ0) is 17.2. The van der Waals surface area contributed by atoms with Crippen molar-refractivity contribution >= 4 is 29.2 Å². The van der Waals surface area contributed by atoms with Crippen molar-refractivity contribution in [3.8, 4) is 5.75 Å². The number of amides is 1. The lowest BCUT2D eigenvalue weighted by Crippen LogP contribution is -2.23. The molecule has 0 radical (unpaired) electrons. The predicted octanol–water partition coefficient (Wildman–Crippen LogP) is 4.60. The first-order valence-corrected chi connectivity index (χ1v) is 8.81. The van der Waals surface area contributed by atoms with Crippen LogP contribution < -0.4 is 9.64 Å². The van der Waals surface area contributed by atoms with Crippen molar-refractivity contribution in [2.75, 3.05) is 12.0 Å². The SMILES string of the molecule is COc1ccccc1SC1C(=O)N(c2ccccc2)c2ncccc21. The fraction of sp³-hybridized carbons (Fsp3) is 0.100. The molecule has 4 rings (SSSR count). The van der Waals surface area contributed by atoms with Crippen molar-refractivity contribution in [2.45, 2.75) is 10.1 Å². The molecule has 4 nitrogen and oxygen atoms in total. The summed E-state index contributed by atoms with van der Waals surface area (Å²) in [7, 11) is 1.64. The Morgan fingerprint density at radius 2 is 1.76 bits per heavy atom. The highest BCUT2D eigenvalue weighted by molar-refractivity contribution is 8.00. The van der Waals surface area contributed by atoms with E-state index in [9.17, 15) is 4.79 Å². The molecule has 3 aromatic rings. The molecule has 0 N–H and O–H groups in total. The predicted molar refractivity (Wildman–Crippen MR) is 99.4 cm³/mol. The summed E-state index contributed by atoms with van der Waals surface area (Å²) in [5.41, 5.74) is 1.75. The number of anilines is 2. The van der Waals surface area contributed by atoms with Crippen LogP contribution in [0.1, 0.15) is 10.8 Å². The number of carbonyl (C=O) groups is 1. The van der Waals surface area contributed by atoms with E-state index in [0.29, 0.717) is 5.82 Å². The van der Waals surface area contributed by atoms with E-state index in [-0.39, 0.29) is 11.2 Å². The molecule has 1 aliphatic heterocycles. The quantitative estimate of drug-likeness (QED) is 0.691. The summed E-state index contributed by atoms with van der Waals surface area (Å²) < 4.78 is 5.43. The van der Waals surface area contributed by atoms with Gasteiger partial charge in [0.05, 0.1) is 17.7 Å². The molecule has 0 saturated heterocycles. The Balaban J connectivity index is 1.76. The third-order valence-corrected chi connectivity index (χ3v) is 5.37.